The minimum absolute atomic E-state index is 0.110. The highest BCUT2D eigenvalue weighted by molar-refractivity contribution is 7.24. The summed E-state index contributed by atoms with van der Waals surface area (Å²) in [5, 5.41) is 9.64. The molecule has 2 aromatic heterocycles. The number of hydrogen-bond acceptors (Lipinski definition) is 4. The lowest BCUT2D eigenvalue weighted by Crippen LogP contribution is -2.17. The molecule has 124 valence electrons. The number of carboxylic acids is 1. The maximum Gasteiger partial charge on any atom is 0.338 e. The van der Waals surface area contributed by atoms with Gasteiger partial charge in [-0.25, -0.2) is 4.79 Å². The molecule has 0 unspecified atom stereocenters. The third-order valence-corrected chi connectivity index (χ3v) is 5.25. The molecule has 6 heteroatoms. The highest BCUT2D eigenvalue weighted by atomic mass is 32.1. The number of aromatic nitrogens is 1. The standard InChI is InChI=1S/C19H13NO4S/c1-24-12-7-8-16-15(9-12)20-17(21)13(11-5-3-2-4-6-11)10-14(19(22)23)18(20)25-16/h2-10H,1H3,(H,22,23). The summed E-state index contributed by atoms with van der Waals surface area (Å²) in [4.78, 5) is 25.3. The second-order valence-corrected chi connectivity index (χ2v) is 6.55. The van der Waals surface area contributed by atoms with Crippen molar-refractivity contribution in [3.63, 3.8) is 0 Å². The zero-order valence-corrected chi connectivity index (χ0v) is 14.0. The van der Waals surface area contributed by atoms with E-state index in [4.69, 9.17) is 4.74 Å². The molecule has 0 bridgehead atoms. The number of pyridine rings is 1. The Hall–Kier alpha value is -3.12. The maximum atomic E-state index is 13.1. The van der Waals surface area contributed by atoms with Gasteiger partial charge < -0.3 is 9.84 Å². The van der Waals surface area contributed by atoms with Crippen molar-refractivity contribution >= 4 is 32.4 Å². The van der Waals surface area contributed by atoms with Crippen molar-refractivity contribution in [2.24, 2.45) is 0 Å². The number of carboxylic acid groups (broad SMARTS) is 1. The fourth-order valence-electron chi connectivity index (χ4n) is 2.89. The van der Waals surface area contributed by atoms with Gasteiger partial charge in [-0.2, -0.15) is 0 Å². The van der Waals surface area contributed by atoms with E-state index in [9.17, 15) is 14.7 Å². The van der Waals surface area contributed by atoms with Crippen LogP contribution in [0, 0.1) is 0 Å². The van der Waals surface area contributed by atoms with Gasteiger partial charge >= 0.3 is 5.97 Å². The first-order valence-electron chi connectivity index (χ1n) is 7.55. The summed E-state index contributed by atoms with van der Waals surface area (Å²) >= 11 is 1.28. The number of rotatable bonds is 3. The van der Waals surface area contributed by atoms with Gasteiger partial charge in [0, 0.05) is 11.6 Å². The van der Waals surface area contributed by atoms with Crippen LogP contribution in [0.15, 0.2) is 59.4 Å². The molecule has 0 saturated heterocycles. The van der Waals surface area contributed by atoms with Crippen molar-refractivity contribution < 1.29 is 14.6 Å². The molecule has 0 saturated carbocycles. The number of fused-ring (bicyclic) bond motifs is 3. The summed E-state index contributed by atoms with van der Waals surface area (Å²) in [5.41, 5.74) is 1.55. The molecule has 0 spiro atoms. The molecule has 2 aromatic carbocycles. The van der Waals surface area contributed by atoms with Crippen molar-refractivity contribution in [3.05, 3.63) is 70.5 Å². The lowest BCUT2D eigenvalue weighted by Gasteiger charge is -2.06. The first-order chi connectivity index (χ1) is 12.1. The Kier molecular flexibility index (Phi) is 3.54. The molecule has 0 aliphatic rings. The Morgan fingerprint density at radius 2 is 1.88 bits per heavy atom. The molecule has 25 heavy (non-hydrogen) atoms. The minimum atomic E-state index is -1.06. The van der Waals surface area contributed by atoms with E-state index in [2.05, 4.69) is 0 Å². The zero-order valence-electron chi connectivity index (χ0n) is 13.2. The van der Waals surface area contributed by atoms with Gasteiger partial charge in [0.2, 0.25) is 0 Å². The molecule has 0 amide bonds. The van der Waals surface area contributed by atoms with E-state index in [1.165, 1.54) is 21.8 Å². The van der Waals surface area contributed by atoms with Crippen LogP contribution in [-0.4, -0.2) is 22.6 Å². The predicted octanol–water partition coefficient (Wildman–Crippen LogP) is 3.89. The monoisotopic (exact) mass is 351 g/mol. The fourth-order valence-corrected chi connectivity index (χ4v) is 4.02. The van der Waals surface area contributed by atoms with Crippen LogP contribution < -0.4 is 10.3 Å². The Balaban J connectivity index is 2.19. The molecular formula is C19H13NO4S. The van der Waals surface area contributed by atoms with Crippen LogP contribution in [0.2, 0.25) is 0 Å². The molecular weight excluding hydrogens is 338 g/mol. The lowest BCUT2D eigenvalue weighted by atomic mass is 10.1. The smallest absolute Gasteiger partial charge is 0.338 e. The van der Waals surface area contributed by atoms with E-state index < -0.39 is 5.97 Å². The third-order valence-electron chi connectivity index (χ3n) is 4.08. The summed E-state index contributed by atoms with van der Waals surface area (Å²) in [6, 6.07) is 15.9. The number of ether oxygens (including phenoxy) is 1. The highest BCUT2D eigenvalue weighted by Gasteiger charge is 2.19. The van der Waals surface area contributed by atoms with E-state index in [0.29, 0.717) is 27.2 Å². The first kappa shape index (κ1) is 15.4. The highest BCUT2D eigenvalue weighted by Crippen LogP contribution is 2.32. The van der Waals surface area contributed by atoms with Crippen LogP contribution in [-0.2, 0) is 0 Å². The summed E-state index contributed by atoms with van der Waals surface area (Å²) in [6.07, 6.45) is 0. The Labute approximate surface area is 146 Å². The van der Waals surface area contributed by atoms with Crippen molar-refractivity contribution in [2.75, 3.05) is 7.11 Å². The molecule has 0 aliphatic heterocycles. The molecule has 4 aromatic rings. The number of nitrogens with zero attached hydrogens (tertiary/aromatic N) is 1. The Morgan fingerprint density at radius 3 is 2.56 bits per heavy atom. The Morgan fingerprint density at radius 1 is 1.12 bits per heavy atom. The van der Waals surface area contributed by atoms with Gasteiger partial charge in [-0.15, -0.1) is 11.3 Å². The van der Waals surface area contributed by atoms with Crippen molar-refractivity contribution in [2.45, 2.75) is 0 Å². The van der Waals surface area contributed by atoms with Crippen LogP contribution in [0.4, 0.5) is 0 Å². The van der Waals surface area contributed by atoms with Gasteiger partial charge in [-0.3, -0.25) is 9.20 Å². The van der Waals surface area contributed by atoms with E-state index in [-0.39, 0.29) is 11.1 Å². The first-order valence-corrected chi connectivity index (χ1v) is 8.37. The van der Waals surface area contributed by atoms with E-state index >= 15 is 0 Å². The summed E-state index contributed by atoms with van der Waals surface area (Å²) in [7, 11) is 1.55. The van der Waals surface area contributed by atoms with Crippen LogP contribution in [0.3, 0.4) is 0 Å². The molecule has 0 atom stereocenters. The summed E-state index contributed by atoms with van der Waals surface area (Å²) in [6.45, 7) is 0. The van der Waals surface area contributed by atoms with Crippen molar-refractivity contribution in [1.29, 1.82) is 0 Å². The summed E-state index contributed by atoms with van der Waals surface area (Å²) in [5.74, 6) is -0.450. The predicted molar refractivity (Wildman–Crippen MR) is 98.0 cm³/mol. The minimum Gasteiger partial charge on any atom is -0.497 e. The fraction of sp³-hybridized carbons (Fsp3) is 0.0526. The number of methoxy groups -OCH3 is 1. The molecule has 2 heterocycles. The van der Waals surface area contributed by atoms with Crippen LogP contribution in [0.1, 0.15) is 10.4 Å². The third kappa shape index (κ3) is 2.38. The SMILES string of the molecule is COc1ccc2sc3c(C(=O)O)cc(-c4ccccc4)c(=O)n3c2c1. The van der Waals surface area contributed by atoms with Crippen LogP contribution in [0.25, 0.3) is 26.2 Å². The average Bonchev–Trinajstić information content (AvgIpc) is 3.01. The van der Waals surface area contributed by atoms with Gasteiger partial charge in [-0.05, 0) is 23.8 Å². The topological polar surface area (TPSA) is 68.0 Å². The molecule has 0 radical (unpaired) electrons. The number of carbonyl (C=O) groups is 1. The maximum absolute atomic E-state index is 13.1. The van der Waals surface area contributed by atoms with Crippen molar-refractivity contribution in [3.8, 4) is 16.9 Å². The second-order valence-electron chi connectivity index (χ2n) is 5.52. The number of aromatic carboxylic acids is 1. The average molecular weight is 351 g/mol. The molecule has 0 aliphatic carbocycles. The Bertz CT molecular complexity index is 1170. The summed E-state index contributed by atoms with van der Waals surface area (Å²) < 4.78 is 7.54. The molecule has 1 N–H and O–H groups in total. The quantitative estimate of drug-likeness (QED) is 0.608. The van der Waals surface area contributed by atoms with Crippen molar-refractivity contribution in [1.82, 2.24) is 4.40 Å². The van der Waals surface area contributed by atoms with E-state index in [1.807, 2.05) is 24.3 Å². The van der Waals surface area contributed by atoms with E-state index in [1.54, 1.807) is 31.4 Å². The molecule has 5 nitrogen and oxygen atoms in total. The van der Waals surface area contributed by atoms with Gasteiger partial charge in [0.15, 0.2) is 0 Å². The van der Waals surface area contributed by atoms with Gasteiger partial charge in [-0.1, -0.05) is 30.3 Å². The van der Waals surface area contributed by atoms with Crippen LogP contribution in [0.5, 0.6) is 5.75 Å². The molecule has 4 rings (SSSR count). The number of benzene rings is 2. The second kappa shape index (κ2) is 5.75. The normalized spacial score (nSPS) is 11.1. The van der Waals surface area contributed by atoms with Gasteiger partial charge in [0.25, 0.3) is 5.56 Å². The number of hydrogen-bond donors (Lipinski definition) is 1. The molecule has 0 fully saturated rings. The van der Waals surface area contributed by atoms with Gasteiger partial charge in [0.1, 0.15) is 10.6 Å². The largest absolute Gasteiger partial charge is 0.497 e. The van der Waals surface area contributed by atoms with Crippen LogP contribution >= 0.6 is 11.3 Å². The van der Waals surface area contributed by atoms with Gasteiger partial charge in [0.05, 0.1) is 22.9 Å². The van der Waals surface area contributed by atoms with E-state index in [0.717, 1.165) is 4.70 Å². The number of thiazole rings is 1. The lowest BCUT2D eigenvalue weighted by molar-refractivity contribution is 0.0699. The zero-order chi connectivity index (χ0) is 17.6.